The zero-order chi connectivity index (χ0) is 22.2. The van der Waals surface area contributed by atoms with Gasteiger partial charge < -0.3 is 19.3 Å². The monoisotopic (exact) mass is 421 g/mol. The lowest BCUT2D eigenvalue weighted by Crippen LogP contribution is -2.42. The molecule has 2 aromatic carbocycles. The van der Waals surface area contributed by atoms with Crippen LogP contribution in [0.2, 0.25) is 0 Å². The summed E-state index contributed by atoms with van der Waals surface area (Å²) in [4.78, 5) is 19.5. The van der Waals surface area contributed by atoms with Gasteiger partial charge >= 0.3 is 0 Å². The van der Waals surface area contributed by atoms with Crippen molar-refractivity contribution in [1.29, 1.82) is 0 Å². The number of aliphatic hydroxyl groups excluding tert-OH is 1. The molecule has 3 aromatic rings. The van der Waals surface area contributed by atoms with Gasteiger partial charge in [0.25, 0.3) is 0 Å². The first kappa shape index (κ1) is 21.4. The normalized spacial score (nSPS) is 18.0. The minimum absolute atomic E-state index is 0.00334. The fourth-order valence-corrected chi connectivity index (χ4v) is 4.29. The number of aryl methyl sites for hydroxylation is 1. The van der Waals surface area contributed by atoms with E-state index in [-0.39, 0.29) is 24.0 Å². The van der Waals surface area contributed by atoms with E-state index in [1.807, 2.05) is 60.4 Å². The van der Waals surface area contributed by atoms with Gasteiger partial charge in [0.15, 0.2) is 0 Å². The first-order valence-electron chi connectivity index (χ1n) is 10.9. The second kappa shape index (κ2) is 8.35. The third-order valence-electron chi connectivity index (χ3n) is 5.90. The SMILES string of the molecule is Cc1ccccc1OC[C@H](O)Cn1c([C@H]2CC(=O)N(C(C)(C)C)C2)nc2ccccc21. The van der Waals surface area contributed by atoms with Crippen LogP contribution in [0.4, 0.5) is 0 Å². The fourth-order valence-electron chi connectivity index (χ4n) is 4.29. The standard InChI is InChI=1S/C25H31N3O3/c1-17-9-5-8-12-22(17)31-16-19(29)15-27-21-11-7-6-10-20(21)26-24(27)18-13-23(30)28(14-18)25(2,3)4/h5-12,18-19,29H,13-16H2,1-4H3/t18-,19+/m0/s1. The van der Waals surface area contributed by atoms with E-state index in [2.05, 4.69) is 25.3 Å². The van der Waals surface area contributed by atoms with Crippen LogP contribution in [0.3, 0.4) is 0 Å². The number of likely N-dealkylation sites (tertiary alicyclic amines) is 1. The Balaban J connectivity index is 1.57. The number of carbonyl (C=O) groups is 1. The number of benzene rings is 2. The van der Waals surface area contributed by atoms with E-state index >= 15 is 0 Å². The molecular formula is C25H31N3O3. The summed E-state index contributed by atoms with van der Waals surface area (Å²) in [6, 6.07) is 15.7. The van der Waals surface area contributed by atoms with Gasteiger partial charge in [0.2, 0.25) is 5.91 Å². The third kappa shape index (κ3) is 4.44. The molecule has 1 aliphatic heterocycles. The van der Waals surface area contributed by atoms with E-state index in [4.69, 9.17) is 9.72 Å². The summed E-state index contributed by atoms with van der Waals surface area (Å²) in [7, 11) is 0. The number of para-hydroxylation sites is 3. The maximum absolute atomic E-state index is 12.7. The number of ether oxygens (including phenoxy) is 1. The molecule has 1 fully saturated rings. The van der Waals surface area contributed by atoms with Gasteiger partial charge in [-0.3, -0.25) is 4.79 Å². The molecule has 0 aliphatic carbocycles. The van der Waals surface area contributed by atoms with Crippen LogP contribution in [0.5, 0.6) is 5.75 Å². The van der Waals surface area contributed by atoms with E-state index in [0.29, 0.717) is 19.5 Å². The number of fused-ring (bicyclic) bond motifs is 1. The molecule has 0 saturated carbocycles. The Morgan fingerprint density at radius 1 is 1.16 bits per heavy atom. The van der Waals surface area contributed by atoms with E-state index in [1.54, 1.807) is 0 Å². The molecule has 31 heavy (non-hydrogen) atoms. The molecule has 0 radical (unpaired) electrons. The van der Waals surface area contributed by atoms with Crippen molar-refractivity contribution in [3.63, 3.8) is 0 Å². The lowest BCUT2D eigenvalue weighted by atomic mass is 10.1. The Morgan fingerprint density at radius 2 is 1.87 bits per heavy atom. The van der Waals surface area contributed by atoms with Gasteiger partial charge in [-0.05, 0) is 51.5 Å². The van der Waals surface area contributed by atoms with Crippen LogP contribution in [0.15, 0.2) is 48.5 Å². The molecule has 2 atom stereocenters. The van der Waals surface area contributed by atoms with Crippen LogP contribution >= 0.6 is 0 Å². The largest absolute Gasteiger partial charge is 0.491 e. The number of amides is 1. The summed E-state index contributed by atoms with van der Waals surface area (Å²) in [5.74, 6) is 1.79. The van der Waals surface area contributed by atoms with Crippen LogP contribution in [0, 0.1) is 6.92 Å². The average Bonchev–Trinajstić information content (AvgIpc) is 3.28. The van der Waals surface area contributed by atoms with E-state index < -0.39 is 6.10 Å². The van der Waals surface area contributed by atoms with Gasteiger partial charge in [-0.25, -0.2) is 4.98 Å². The summed E-state index contributed by atoms with van der Waals surface area (Å²) < 4.78 is 7.92. The fraction of sp³-hybridized carbons (Fsp3) is 0.440. The summed E-state index contributed by atoms with van der Waals surface area (Å²) in [6.45, 7) is 9.36. The Hall–Kier alpha value is -2.86. The molecule has 0 spiro atoms. The molecular weight excluding hydrogens is 390 g/mol. The van der Waals surface area contributed by atoms with Crippen molar-refractivity contribution in [3.8, 4) is 5.75 Å². The second-order valence-corrected chi connectivity index (χ2v) is 9.38. The number of hydrogen-bond acceptors (Lipinski definition) is 4. The Labute approximate surface area is 183 Å². The molecule has 4 rings (SSSR count). The number of hydrogen-bond donors (Lipinski definition) is 1. The summed E-state index contributed by atoms with van der Waals surface area (Å²) >= 11 is 0. The maximum atomic E-state index is 12.7. The van der Waals surface area contributed by atoms with Gasteiger partial charge in [-0.1, -0.05) is 30.3 Å². The maximum Gasteiger partial charge on any atom is 0.223 e. The molecule has 2 heterocycles. The number of aliphatic hydroxyl groups is 1. The summed E-state index contributed by atoms with van der Waals surface area (Å²) in [6.07, 6.45) is -0.261. The van der Waals surface area contributed by atoms with Crippen LogP contribution in [-0.2, 0) is 11.3 Å². The minimum atomic E-state index is -0.702. The molecule has 6 heteroatoms. The third-order valence-corrected chi connectivity index (χ3v) is 5.90. The van der Waals surface area contributed by atoms with Crippen molar-refractivity contribution in [1.82, 2.24) is 14.5 Å². The van der Waals surface area contributed by atoms with Crippen molar-refractivity contribution >= 4 is 16.9 Å². The average molecular weight is 422 g/mol. The number of nitrogens with zero attached hydrogens (tertiary/aromatic N) is 3. The predicted octanol–water partition coefficient (Wildman–Crippen LogP) is 3.90. The number of aromatic nitrogens is 2. The van der Waals surface area contributed by atoms with E-state index in [9.17, 15) is 9.90 Å². The van der Waals surface area contributed by atoms with Gasteiger partial charge in [-0.2, -0.15) is 0 Å². The minimum Gasteiger partial charge on any atom is -0.491 e. The Morgan fingerprint density at radius 3 is 2.58 bits per heavy atom. The molecule has 0 unspecified atom stereocenters. The second-order valence-electron chi connectivity index (χ2n) is 9.38. The van der Waals surface area contributed by atoms with Crippen molar-refractivity contribution < 1.29 is 14.6 Å². The van der Waals surface area contributed by atoms with Crippen LogP contribution < -0.4 is 4.74 Å². The summed E-state index contributed by atoms with van der Waals surface area (Å²) in [5, 5.41) is 10.8. The molecule has 0 bridgehead atoms. The molecule has 1 aliphatic rings. The number of carbonyl (C=O) groups excluding carboxylic acids is 1. The first-order chi connectivity index (χ1) is 14.7. The summed E-state index contributed by atoms with van der Waals surface area (Å²) in [5.41, 5.74) is 2.67. The Kier molecular flexibility index (Phi) is 5.75. The predicted molar refractivity (Wildman–Crippen MR) is 121 cm³/mol. The highest BCUT2D eigenvalue weighted by Crippen LogP contribution is 2.34. The highest BCUT2D eigenvalue weighted by molar-refractivity contribution is 5.81. The molecule has 1 aromatic heterocycles. The zero-order valence-corrected chi connectivity index (χ0v) is 18.7. The van der Waals surface area contributed by atoms with Gasteiger partial charge in [0.1, 0.15) is 24.3 Å². The molecule has 6 nitrogen and oxygen atoms in total. The first-order valence-corrected chi connectivity index (χ1v) is 10.9. The lowest BCUT2D eigenvalue weighted by Gasteiger charge is -2.32. The molecule has 164 valence electrons. The van der Waals surface area contributed by atoms with Crippen molar-refractivity contribution in [2.75, 3.05) is 13.2 Å². The number of rotatable bonds is 6. The van der Waals surface area contributed by atoms with Crippen molar-refractivity contribution in [3.05, 3.63) is 59.9 Å². The molecule has 1 amide bonds. The highest BCUT2D eigenvalue weighted by Gasteiger charge is 2.39. The van der Waals surface area contributed by atoms with E-state index in [1.165, 1.54) is 0 Å². The van der Waals surface area contributed by atoms with Gasteiger partial charge in [-0.15, -0.1) is 0 Å². The lowest BCUT2D eigenvalue weighted by molar-refractivity contribution is -0.131. The van der Waals surface area contributed by atoms with Crippen LogP contribution in [-0.4, -0.2) is 50.3 Å². The zero-order valence-electron chi connectivity index (χ0n) is 18.7. The quantitative estimate of drug-likeness (QED) is 0.656. The van der Waals surface area contributed by atoms with E-state index in [0.717, 1.165) is 28.2 Å². The van der Waals surface area contributed by atoms with Crippen molar-refractivity contribution in [2.24, 2.45) is 0 Å². The Bertz CT molecular complexity index is 1080. The van der Waals surface area contributed by atoms with Gasteiger partial charge in [0.05, 0.1) is 17.6 Å². The van der Waals surface area contributed by atoms with Crippen LogP contribution in [0.1, 0.15) is 44.5 Å². The van der Waals surface area contributed by atoms with Crippen LogP contribution in [0.25, 0.3) is 11.0 Å². The molecule has 1 N–H and O–H groups in total. The molecule has 1 saturated heterocycles. The smallest absolute Gasteiger partial charge is 0.223 e. The highest BCUT2D eigenvalue weighted by atomic mass is 16.5. The van der Waals surface area contributed by atoms with Gasteiger partial charge in [0, 0.05) is 24.4 Å². The van der Waals surface area contributed by atoms with Crippen molar-refractivity contribution in [2.45, 2.75) is 58.2 Å². The topological polar surface area (TPSA) is 67.6 Å². The number of imidazole rings is 1.